The Balaban J connectivity index is 1.75. The van der Waals surface area contributed by atoms with Crippen LogP contribution >= 0.6 is 0 Å². The fourth-order valence-electron chi connectivity index (χ4n) is 3.05. The predicted molar refractivity (Wildman–Crippen MR) is 99.8 cm³/mol. The van der Waals surface area contributed by atoms with E-state index in [-0.39, 0.29) is 4.90 Å². The van der Waals surface area contributed by atoms with Crippen LogP contribution in [0.2, 0.25) is 0 Å². The second-order valence-corrected chi connectivity index (χ2v) is 8.04. The van der Waals surface area contributed by atoms with Gasteiger partial charge in [-0.1, -0.05) is 18.2 Å². The lowest BCUT2D eigenvalue weighted by atomic mass is 10.2. The lowest BCUT2D eigenvalue weighted by Crippen LogP contribution is -2.43. The summed E-state index contributed by atoms with van der Waals surface area (Å²) in [6, 6.07) is 13.6. The van der Waals surface area contributed by atoms with Gasteiger partial charge in [0.1, 0.15) is 6.04 Å². The van der Waals surface area contributed by atoms with E-state index in [0.29, 0.717) is 30.6 Å². The van der Waals surface area contributed by atoms with E-state index >= 15 is 0 Å². The minimum Gasteiger partial charge on any atom is -0.465 e. The maximum absolute atomic E-state index is 12.8. The summed E-state index contributed by atoms with van der Waals surface area (Å²) in [5.41, 5.74) is 0.848. The number of ether oxygens (including phenoxy) is 1. The lowest BCUT2D eigenvalue weighted by molar-refractivity contribution is -0.119. The normalized spacial score (nSPS) is 17.4. The summed E-state index contributed by atoms with van der Waals surface area (Å²) in [4.78, 5) is 24.3. The number of sulfonamides is 1. The van der Waals surface area contributed by atoms with Gasteiger partial charge in [-0.05, 0) is 49.2 Å². The van der Waals surface area contributed by atoms with Crippen LogP contribution in [0.5, 0.6) is 0 Å². The second-order valence-electron chi connectivity index (χ2n) is 6.15. The molecular formula is C19H20N2O5S. The standard InChI is InChI=1S/C19H20N2O5S/c1-26-19(23)14-9-11-15(12-10-14)20-18(22)17-8-5-13-21(17)27(24,25)16-6-3-2-4-7-16/h2-4,6-7,9-12,17H,5,8,13H2,1H3,(H,20,22). The van der Waals surface area contributed by atoms with E-state index < -0.39 is 27.9 Å². The molecule has 1 fully saturated rings. The Kier molecular flexibility index (Phi) is 5.57. The number of nitrogens with one attached hydrogen (secondary N) is 1. The van der Waals surface area contributed by atoms with Gasteiger partial charge in [-0.2, -0.15) is 4.31 Å². The number of hydrogen-bond acceptors (Lipinski definition) is 5. The first kappa shape index (κ1) is 19.1. The summed E-state index contributed by atoms with van der Waals surface area (Å²) < 4.78 is 31.6. The molecule has 1 amide bonds. The molecule has 2 aromatic carbocycles. The van der Waals surface area contributed by atoms with Gasteiger partial charge in [0, 0.05) is 12.2 Å². The van der Waals surface area contributed by atoms with E-state index in [2.05, 4.69) is 10.1 Å². The summed E-state index contributed by atoms with van der Waals surface area (Å²) >= 11 is 0. The topological polar surface area (TPSA) is 92.8 Å². The maximum Gasteiger partial charge on any atom is 0.337 e. The van der Waals surface area contributed by atoms with Crippen LogP contribution < -0.4 is 5.32 Å². The number of hydrogen-bond donors (Lipinski definition) is 1. The number of carbonyl (C=O) groups is 2. The van der Waals surface area contributed by atoms with Crippen molar-refractivity contribution in [3.63, 3.8) is 0 Å². The van der Waals surface area contributed by atoms with Gasteiger partial charge in [-0.3, -0.25) is 4.79 Å². The van der Waals surface area contributed by atoms with Gasteiger partial charge in [-0.25, -0.2) is 13.2 Å². The highest BCUT2D eigenvalue weighted by Gasteiger charge is 2.39. The minimum atomic E-state index is -3.74. The van der Waals surface area contributed by atoms with Crippen LogP contribution in [0.15, 0.2) is 59.5 Å². The highest BCUT2D eigenvalue weighted by atomic mass is 32.2. The van der Waals surface area contributed by atoms with Crippen LogP contribution in [0.1, 0.15) is 23.2 Å². The SMILES string of the molecule is COC(=O)c1ccc(NC(=O)C2CCCN2S(=O)(=O)c2ccccc2)cc1. The average Bonchev–Trinajstić information content (AvgIpc) is 3.19. The number of methoxy groups -OCH3 is 1. The summed E-state index contributed by atoms with van der Waals surface area (Å²) in [5, 5.41) is 2.72. The van der Waals surface area contributed by atoms with Crippen molar-refractivity contribution in [3.05, 3.63) is 60.2 Å². The van der Waals surface area contributed by atoms with Crippen LogP contribution in [0, 0.1) is 0 Å². The average molecular weight is 388 g/mol. The van der Waals surface area contributed by atoms with Crippen LogP contribution in [0.4, 0.5) is 5.69 Å². The van der Waals surface area contributed by atoms with E-state index in [1.54, 1.807) is 30.3 Å². The molecule has 1 saturated heterocycles. The third kappa shape index (κ3) is 4.01. The molecule has 0 radical (unpaired) electrons. The highest BCUT2D eigenvalue weighted by Crippen LogP contribution is 2.27. The Morgan fingerprint density at radius 2 is 1.74 bits per heavy atom. The molecule has 0 spiro atoms. The van der Waals surface area contributed by atoms with Crippen molar-refractivity contribution in [1.82, 2.24) is 4.31 Å². The number of anilines is 1. The second kappa shape index (κ2) is 7.89. The molecule has 1 aliphatic heterocycles. The fourth-order valence-corrected chi connectivity index (χ4v) is 4.73. The first-order chi connectivity index (χ1) is 12.9. The van der Waals surface area contributed by atoms with Crippen molar-refractivity contribution >= 4 is 27.6 Å². The molecule has 0 saturated carbocycles. The number of benzene rings is 2. The molecule has 0 aromatic heterocycles. The third-order valence-corrected chi connectivity index (χ3v) is 6.35. The Bertz CT molecular complexity index is 926. The molecule has 7 nitrogen and oxygen atoms in total. The van der Waals surface area contributed by atoms with E-state index in [0.717, 1.165) is 0 Å². The van der Waals surface area contributed by atoms with Gasteiger partial charge in [0.15, 0.2) is 0 Å². The largest absolute Gasteiger partial charge is 0.465 e. The Labute approximate surface area is 158 Å². The van der Waals surface area contributed by atoms with Gasteiger partial charge >= 0.3 is 5.97 Å². The molecule has 1 atom stereocenters. The molecule has 0 bridgehead atoms. The van der Waals surface area contributed by atoms with Gasteiger partial charge in [0.25, 0.3) is 0 Å². The van der Waals surface area contributed by atoms with Crippen molar-refractivity contribution in [3.8, 4) is 0 Å². The summed E-state index contributed by atoms with van der Waals surface area (Å²) in [6.45, 7) is 0.302. The van der Waals surface area contributed by atoms with Gasteiger partial charge in [-0.15, -0.1) is 0 Å². The number of amides is 1. The lowest BCUT2D eigenvalue weighted by Gasteiger charge is -2.23. The number of nitrogens with zero attached hydrogens (tertiary/aromatic N) is 1. The van der Waals surface area contributed by atoms with E-state index in [1.807, 2.05) is 0 Å². The van der Waals surface area contributed by atoms with Crippen LogP contribution in [0.3, 0.4) is 0 Å². The Morgan fingerprint density at radius 3 is 2.37 bits per heavy atom. The third-order valence-electron chi connectivity index (χ3n) is 4.43. The molecule has 27 heavy (non-hydrogen) atoms. The van der Waals surface area contributed by atoms with Crippen molar-refractivity contribution < 1.29 is 22.7 Å². The monoisotopic (exact) mass is 388 g/mol. The first-order valence-corrected chi connectivity index (χ1v) is 9.93. The number of carbonyl (C=O) groups excluding carboxylic acids is 2. The minimum absolute atomic E-state index is 0.173. The zero-order valence-electron chi connectivity index (χ0n) is 14.8. The van der Waals surface area contributed by atoms with Crippen molar-refractivity contribution in [1.29, 1.82) is 0 Å². The molecule has 8 heteroatoms. The summed E-state index contributed by atoms with van der Waals surface area (Å²) in [6.07, 6.45) is 1.07. The highest BCUT2D eigenvalue weighted by molar-refractivity contribution is 7.89. The van der Waals surface area contributed by atoms with Gasteiger partial charge in [0.05, 0.1) is 17.6 Å². The van der Waals surface area contributed by atoms with E-state index in [1.165, 1.54) is 35.7 Å². The molecule has 3 rings (SSSR count). The molecule has 1 heterocycles. The molecule has 1 aliphatic rings. The van der Waals surface area contributed by atoms with Crippen LogP contribution in [0.25, 0.3) is 0 Å². The Hall–Kier alpha value is -2.71. The summed E-state index contributed by atoms with van der Waals surface area (Å²) in [7, 11) is -2.44. The zero-order chi connectivity index (χ0) is 19.4. The van der Waals surface area contributed by atoms with Gasteiger partial charge < -0.3 is 10.1 Å². The van der Waals surface area contributed by atoms with Crippen LogP contribution in [-0.2, 0) is 19.6 Å². The van der Waals surface area contributed by atoms with Crippen molar-refractivity contribution in [2.45, 2.75) is 23.8 Å². The zero-order valence-corrected chi connectivity index (χ0v) is 15.6. The molecule has 1 N–H and O–H groups in total. The Morgan fingerprint density at radius 1 is 1.07 bits per heavy atom. The van der Waals surface area contributed by atoms with Crippen molar-refractivity contribution in [2.24, 2.45) is 0 Å². The van der Waals surface area contributed by atoms with E-state index in [9.17, 15) is 18.0 Å². The molecule has 0 aliphatic carbocycles. The molecular weight excluding hydrogens is 368 g/mol. The molecule has 2 aromatic rings. The predicted octanol–water partition coefficient (Wildman–Crippen LogP) is 2.27. The van der Waals surface area contributed by atoms with Crippen molar-refractivity contribution in [2.75, 3.05) is 19.0 Å². The molecule has 142 valence electrons. The fraction of sp³-hybridized carbons (Fsp3) is 0.263. The number of rotatable bonds is 5. The van der Waals surface area contributed by atoms with Crippen LogP contribution in [-0.4, -0.2) is 44.3 Å². The summed E-state index contributed by atoms with van der Waals surface area (Å²) in [5.74, 6) is -0.860. The van der Waals surface area contributed by atoms with E-state index in [4.69, 9.17) is 0 Å². The van der Waals surface area contributed by atoms with Gasteiger partial charge in [0.2, 0.25) is 15.9 Å². The first-order valence-electron chi connectivity index (χ1n) is 8.49. The number of esters is 1. The quantitative estimate of drug-likeness (QED) is 0.793. The smallest absolute Gasteiger partial charge is 0.337 e. The maximum atomic E-state index is 12.8. The molecule has 1 unspecified atom stereocenters.